The van der Waals surface area contributed by atoms with Crippen LogP contribution in [0.5, 0.6) is 11.5 Å². The molecule has 0 bridgehead atoms. The molecule has 7 heteroatoms. The van der Waals surface area contributed by atoms with Crippen LogP contribution in [0.4, 0.5) is 0 Å². The van der Waals surface area contributed by atoms with Gasteiger partial charge in [-0.3, -0.25) is 9.59 Å². The van der Waals surface area contributed by atoms with Gasteiger partial charge in [-0.05, 0) is 31.1 Å². The number of rotatable bonds is 13. The van der Waals surface area contributed by atoms with Crippen molar-refractivity contribution in [2.24, 2.45) is 5.16 Å². The van der Waals surface area contributed by atoms with E-state index in [1.54, 1.807) is 6.07 Å². The van der Waals surface area contributed by atoms with E-state index in [4.69, 9.17) is 14.3 Å². The summed E-state index contributed by atoms with van der Waals surface area (Å²) in [5.41, 5.74) is 1.16. The second kappa shape index (κ2) is 12.8. The molecule has 0 saturated heterocycles. The van der Waals surface area contributed by atoms with Gasteiger partial charge in [0.05, 0.1) is 31.1 Å². The van der Waals surface area contributed by atoms with Gasteiger partial charge in [0.2, 0.25) is 0 Å². The summed E-state index contributed by atoms with van der Waals surface area (Å²) >= 11 is 0. The molecule has 0 aromatic heterocycles. The highest BCUT2D eigenvalue weighted by Crippen LogP contribution is 2.38. The van der Waals surface area contributed by atoms with Gasteiger partial charge in [0, 0.05) is 12.0 Å². The van der Waals surface area contributed by atoms with E-state index < -0.39 is 5.97 Å². The molecule has 1 aromatic rings. The zero-order valence-electron chi connectivity index (χ0n) is 19.5. The Balaban J connectivity index is 2.16. The fraction of sp³-hybridized carbons (Fsp3) is 0.520. The summed E-state index contributed by atoms with van der Waals surface area (Å²) in [5.74, 6) is -0.635. The summed E-state index contributed by atoms with van der Waals surface area (Å²) in [5, 5.41) is 4.05. The predicted molar refractivity (Wildman–Crippen MR) is 123 cm³/mol. The van der Waals surface area contributed by atoms with Crippen molar-refractivity contribution in [1.29, 1.82) is 0 Å². The third kappa shape index (κ3) is 6.28. The van der Waals surface area contributed by atoms with Crippen molar-refractivity contribution in [3.8, 4) is 11.5 Å². The van der Waals surface area contributed by atoms with Crippen LogP contribution in [-0.2, 0) is 9.63 Å². The maximum atomic E-state index is 12.5. The molecule has 0 spiro atoms. The molecular formula is C25H33NO6. The van der Waals surface area contributed by atoms with Crippen molar-refractivity contribution in [1.82, 2.24) is 0 Å². The Bertz CT molecular complexity index is 900. The van der Waals surface area contributed by atoms with Crippen LogP contribution in [0.2, 0.25) is 0 Å². The minimum Gasteiger partial charge on any atom is -0.496 e. The zero-order chi connectivity index (χ0) is 23.5. The van der Waals surface area contributed by atoms with E-state index in [0.29, 0.717) is 24.1 Å². The molecular weight excluding hydrogens is 410 g/mol. The molecule has 0 saturated carbocycles. The molecule has 0 unspecified atom stereocenters. The van der Waals surface area contributed by atoms with Crippen molar-refractivity contribution in [2.45, 2.75) is 71.6 Å². The second-order valence-electron chi connectivity index (χ2n) is 7.70. The fourth-order valence-electron chi connectivity index (χ4n) is 3.71. The Labute approximate surface area is 189 Å². The lowest BCUT2D eigenvalue weighted by atomic mass is 9.89. The lowest BCUT2D eigenvalue weighted by molar-refractivity contribution is -0.143. The summed E-state index contributed by atoms with van der Waals surface area (Å²) in [4.78, 5) is 42.2. The quantitative estimate of drug-likeness (QED) is 0.175. The maximum absolute atomic E-state index is 12.5. The van der Waals surface area contributed by atoms with E-state index in [2.05, 4.69) is 12.1 Å². The average Bonchev–Trinajstić information content (AvgIpc) is 2.80. The minimum absolute atomic E-state index is 0.130. The normalized spacial score (nSPS) is 13.2. The fourth-order valence-corrected chi connectivity index (χ4v) is 3.71. The molecule has 1 aromatic carbocycles. The third-order valence-electron chi connectivity index (χ3n) is 5.43. The Morgan fingerprint density at radius 2 is 1.50 bits per heavy atom. The van der Waals surface area contributed by atoms with Gasteiger partial charge in [-0.25, -0.2) is 4.79 Å². The summed E-state index contributed by atoms with van der Waals surface area (Å²) < 4.78 is 10.9. The molecule has 174 valence electrons. The molecule has 1 aliphatic carbocycles. The second-order valence-corrected chi connectivity index (χ2v) is 7.70. The van der Waals surface area contributed by atoms with Crippen molar-refractivity contribution in [2.75, 3.05) is 14.2 Å². The number of methoxy groups -OCH3 is 2. The molecule has 1 aliphatic rings. The lowest BCUT2D eigenvalue weighted by Crippen LogP contribution is -2.18. The van der Waals surface area contributed by atoms with Crippen molar-refractivity contribution in [3.05, 3.63) is 34.9 Å². The molecule has 0 amide bonds. The number of carbonyl (C=O) groups is 3. The molecule has 0 atom stereocenters. The molecule has 0 aliphatic heterocycles. The Morgan fingerprint density at radius 3 is 2.09 bits per heavy atom. The van der Waals surface area contributed by atoms with Gasteiger partial charge in [0.15, 0.2) is 11.6 Å². The SMILES string of the molecule is CCCCCCCCCC(=O)ON=C(CC)c1cc(OC)c2c(c1OC)C(=O)C=CC2=O. The van der Waals surface area contributed by atoms with Crippen molar-refractivity contribution >= 4 is 23.2 Å². The molecule has 32 heavy (non-hydrogen) atoms. The van der Waals surface area contributed by atoms with E-state index in [1.807, 2.05) is 6.92 Å². The van der Waals surface area contributed by atoms with Crippen LogP contribution in [0, 0.1) is 0 Å². The summed E-state index contributed by atoms with van der Waals surface area (Å²) in [6.07, 6.45) is 10.9. The Kier molecular flexibility index (Phi) is 10.1. The number of carbonyl (C=O) groups excluding carboxylic acids is 3. The molecule has 0 N–H and O–H groups in total. The predicted octanol–water partition coefficient (Wildman–Crippen LogP) is 5.44. The van der Waals surface area contributed by atoms with Gasteiger partial charge in [-0.1, -0.05) is 57.5 Å². The van der Waals surface area contributed by atoms with Gasteiger partial charge >= 0.3 is 5.97 Å². The van der Waals surface area contributed by atoms with Gasteiger partial charge < -0.3 is 14.3 Å². The van der Waals surface area contributed by atoms with Crippen LogP contribution in [0.3, 0.4) is 0 Å². The molecule has 7 nitrogen and oxygen atoms in total. The van der Waals surface area contributed by atoms with Gasteiger partial charge in [-0.2, -0.15) is 0 Å². The van der Waals surface area contributed by atoms with Crippen LogP contribution < -0.4 is 9.47 Å². The third-order valence-corrected chi connectivity index (χ3v) is 5.43. The van der Waals surface area contributed by atoms with Gasteiger partial charge in [-0.15, -0.1) is 0 Å². The molecule has 2 rings (SSSR count). The van der Waals surface area contributed by atoms with Gasteiger partial charge in [0.25, 0.3) is 0 Å². The number of ketones is 2. The van der Waals surface area contributed by atoms with E-state index in [0.717, 1.165) is 19.3 Å². The number of hydrogen-bond acceptors (Lipinski definition) is 7. The van der Waals surface area contributed by atoms with Crippen molar-refractivity contribution in [3.63, 3.8) is 0 Å². The van der Waals surface area contributed by atoms with Gasteiger partial charge in [0.1, 0.15) is 11.5 Å². The highest BCUT2D eigenvalue weighted by molar-refractivity contribution is 6.25. The smallest absolute Gasteiger partial charge is 0.335 e. The maximum Gasteiger partial charge on any atom is 0.335 e. The first-order valence-corrected chi connectivity index (χ1v) is 11.3. The number of oxime groups is 1. The van der Waals surface area contributed by atoms with E-state index in [-0.39, 0.29) is 34.2 Å². The van der Waals surface area contributed by atoms with Crippen LogP contribution >= 0.6 is 0 Å². The lowest BCUT2D eigenvalue weighted by Gasteiger charge is -2.20. The zero-order valence-corrected chi connectivity index (χ0v) is 19.5. The number of hydrogen-bond donors (Lipinski definition) is 0. The van der Waals surface area contributed by atoms with E-state index >= 15 is 0 Å². The number of benzene rings is 1. The Morgan fingerprint density at radius 1 is 0.875 bits per heavy atom. The van der Waals surface area contributed by atoms with Crippen molar-refractivity contribution < 1.29 is 28.7 Å². The Hall–Kier alpha value is -2.96. The molecule has 0 fully saturated rings. The largest absolute Gasteiger partial charge is 0.496 e. The first kappa shape index (κ1) is 25.3. The minimum atomic E-state index is -0.400. The summed E-state index contributed by atoms with van der Waals surface area (Å²) in [6.45, 7) is 4.03. The van der Waals surface area contributed by atoms with Crippen LogP contribution in [0.25, 0.3) is 0 Å². The monoisotopic (exact) mass is 443 g/mol. The topological polar surface area (TPSA) is 91.3 Å². The number of unbranched alkanes of at least 4 members (excludes halogenated alkanes) is 6. The van der Waals surface area contributed by atoms with E-state index in [1.165, 1.54) is 52.1 Å². The first-order chi connectivity index (χ1) is 15.5. The summed E-state index contributed by atoms with van der Waals surface area (Å²) in [6, 6.07) is 1.59. The number of allylic oxidation sites excluding steroid dienone is 2. The van der Waals surface area contributed by atoms with Crippen LogP contribution in [0.1, 0.15) is 97.9 Å². The number of fused-ring (bicyclic) bond motifs is 1. The highest BCUT2D eigenvalue weighted by Gasteiger charge is 2.31. The van der Waals surface area contributed by atoms with E-state index in [9.17, 15) is 14.4 Å². The standard InChI is InChI=1S/C25H33NO6/c1-5-7-8-9-10-11-12-13-22(29)32-26-18(6-2)17-16-21(30-3)23-19(27)14-15-20(28)24(23)25(17)31-4/h14-16H,5-13H2,1-4H3. The number of ether oxygens (including phenoxy) is 2. The average molecular weight is 444 g/mol. The van der Waals surface area contributed by atoms with Crippen LogP contribution in [-0.4, -0.2) is 37.5 Å². The number of nitrogens with zero attached hydrogens (tertiary/aromatic N) is 1. The van der Waals surface area contributed by atoms with Crippen LogP contribution in [0.15, 0.2) is 23.4 Å². The highest BCUT2D eigenvalue weighted by atomic mass is 16.7. The molecule has 0 heterocycles. The summed E-state index contributed by atoms with van der Waals surface area (Å²) in [7, 11) is 2.84. The first-order valence-electron chi connectivity index (χ1n) is 11.3. The molecule has 0 radical (unpaired) electrons.